The third-order valence-electron chi connectivity index (χ3n) is 7.22. The van der Waals surface area contributed by atoms with E-state index >= 15 is 0 Å². The zero-order valence-corrected chi connectivity index (χ0v) is 22.6. The molecule has 3 atom stereocenters. The molecule has 0 aromatic carbocycles. The number of nitrogens with zero attached hydrogens (tertiary/aromatic N) is 3. The largest absolute Gasteiger partial charge is 0.377 e. The van der Waals surface area contributed by atoms with Crippen LogP contribution >= 0.6 is 11.8 Å². The monoisotopic (exact) mass is 509 g/mol. The molecule has 0 radical (unpaired) electrons. The second-order valence-corrected chi connectivity index (χ2v) is 11.9. The molecule has 0 spiro atoms. The van der Waals surface area contributed by atoms with Crippen molar-refractivity contribution in [2.45, 2.75) is 83.6 Å². The number of unbranched alkanes of at least 4 members (excludes halogenated alkanes) is 1. The lowest BCUT2D eigenvalue weighted by Crippen LogP contribution is -2.49. The number of carbonyl (C=O) groups is 2. The summed E-state index contributed by atoms with van der Waals surface area (Å²) in [6.45, 7) is 12.0. The fraction of sp³-hybridized carbons (Fsp3) is 0.840. The second-order valence-electron chi connectivity index (χ2n) is 10.7. The van der Waals surface area contributed by atoms with Gasteiger partial charge in [-0.3, -0.25) is 9.59 Å². The molecule has 0 aliphatic carbocycles. The van der Waals surface area contributed by atoms with Gasteiger partial charge >= 0.3 is 0 Å². The molecule has 198 valence electrons. The third-order valence-corrected chi connectivity index (χ3v) is 9.12. The second kappa shape index (κ2) is 13.1. The molecule has 35 heavy (non-hydrogen) atoms. The Morgan fingerprint density at radius 1 is 1.26 bits per heavy atom. The Morgan fingerprint density at radius 3 is 2.80 bits per heavy atom. The summed E-state index contributed by atoms with van der Waals surface area (Å²) in [6.07, 6.45) is 6.99. The third kappa shape index (κ3) is 7.92. The van der Waals surface area contributed by atoms with Gasteiger partial charge in [0.05, 0.1) is 44.2 Å². The lowest BCUT2D eigenvalue weighted by molar-refractivity contribution is -0.121. The molecular weight excluding hydrogens is 466 g/mol. The van der Waals surface area contributed by atoms with E-state index in [4.69, 9.17) is 9.47 Å². The predicted molar refractivity (Wildman–Crippen MR) is 137 cm³/mol. The van der Waals surface area contributed by atoms with Gasteiger partial charge in [0.15, 0.2) is 0 Å². The number of thioether (sulfide) groups is 1. The number of carbonyl (C=O) groups excluding carboxylic acids is 2. The summed E-state index contributed by atoms with van der Waals surface area (Å²) in [5.74, 6) is 1.79. The maximum absolute atomic E-state index is 12.1. The minimum absolute atomic E-state index is 0.0193. The molecule has 0 unspecified atom stereocenters. The number of aromatic nitrogens is 3. The zero-order valence-electron chi connectivity index (χ0n) is 21.8. The zero-order chi connectivity index (χ0) is 25.3. The summed E-state index contributed by atoms with van der Waals surface area (Å²) in [5.41, 5.74) is 0.946. The number of fused-ring (bicyclic) bond motifs is 1. The molecule has 2 saturated heterocycles. The van der Waals surface area contributed by atoms with Crippen molar-refractivity contribution in [3.63, 3.8) is 0 Å². The van der Waals surface area contributed by atoms with Crippen LogP contribution in [0.15, 0.2) is 6.20 Å². The average molecular weight is 510 g/mol. The molecule has 9 nitrogen and oxygen atoms in total. The van der Waals surface area contributed by atoms with Crippen LogP contribution in [0.3, 0.4) is 0 Å². The van der Waals surface area contributed by atoms with Crippen LogP contribution in [0.4, 0.5) is 0 Å². The molecule has 3 heterocycles. The topological polar surface area (TPSA) is 107 Å². The Hall–Kier alpha value is -1.65. The Labute approximate surface area is 213 Å². The lowest BCUT2D eigenvalue weighted by atomic mass is 9.70. The summed E-state index contributed by atoms with van der Waals surface area (Å²) in [7, 11) is 0. The number of amides is 2. The Bertz CT molecular complexity index is 835. The van der Waals surface area contributed by atoms with E-state index in [1.807, 2.05) is 22.6 Å². The first kappa shape index (κ1) is 27.9. The van der Waals surface area contributed by atoms with Crippen LogP contribution in [-0.2, 0) is 32.0 Å². The number of ether oxygens (including phenoxy) is 2. The molecule has 10 heteroatoms. The summed E-state index contributed by atoms with van der Waals surface area (Å²) < 4.78 is 12.9. The van der Waals surface area contributed by atoms with E-state index in [1.54, 1.807) is 0 Å². The highest BCUT2D eigenvalue weighted by atomic mass is 32.2. The summed E-state index contributed by atoms with van der Waals surface area (Å²) in [6, 6.07) is 0. The van der Waals surface area contributed by atoms with E-state index < -0.39 is 0 Å². The maximum atomic E-state index is 12.1. The highest BCUT2D eigenvalue weighted by Crippen LogP contribution is 2.56. The van der Waals surface area contributed by atoms with Crippen LogP contribution in [0.2, 0.25) is 0 Å². The average Bonchev–Trinajstić information content (AvgIpc) is 3.39. The molecule has 2 aliphatic heterocycles. The lowest BCUT2D eigenvalue weighted by Gasteiger charge is -2.36. The molecule has 3 rings (SSSR count). The molecule has 2 N–H and O–H groups in total. The van der Waals surface area contributed by atoms with Gasteiger partial charge in [-0.1, -0.05) is 32.4 Å². The van der Waals surface area contributed by atoms with Crippen molar-refractivity contribution in [3.8, 4) is 0 Å². The highest BCUT2D eigenvalue weighted by Gasteiger charge is 2.60. The number of nitrogens with one attached hydrogen (secondary N) is 2. The quantitative estimate of drug-likeness (QED) is 0.330. The molecule has 2 amide bonds. The van der Waals surface area contributed by atoms with Gasteiger partial charge in [-0.05, 0) is 32.1 Å². The minimum Gasteiger partial charge on any atom is -0.377 e. The Morgan fingerprint density at radius 2 is 2.03 bits per heavy atom. The SMILES string of the molecule is CC(C)Cc1cn(CCOCCOCCNC(=O)CCCC[C@@H]2SC[C@]3(C)NC(=O)C[C@]23C)nn1. The van der Waals surface area contributed by atoms with Crippen LogP contribution in [0, 0.1) is 11.3 Å². The first-order valence-corrected chi connectivity index (χ1v) is 14.0. The van der Waals surface area contributed by atoms with E-state index in [0.717, 1.165) is 37.1 Å². The van der Waals surface area contributed by atoms with Gasteiger partial charge in [0.1, 0.15) is 0 Å². The van der Waals surface area contributed by atoms with Crippen LogP contribution in [0.5, 0.6) is 0 Å². The fourth-order valence-corrected chi connectivity index (χ4v) is 6.93. The van der Waals surface area contributed by atoms with Crippen LogP contribution < -0.4 is 10.6 Å². The fourth-order valence-electron chi connectivity index (χ4n) is 4.95. The molecule has 0 bridgehead atoms. The standard InChI is InChI=1S/C25H43N5O4S/c1-19(2)15-20-17-30(29-28-20)10-12-34-14-13-33-11-9-26-22(31)8-6-5-7-21-24(3)16-23(32)27-25(24,4)18-35-21/h17,19,21H,5-16,18H2,1-4H3,(H,26,31)(H,27,32)/t21-,24+,25-/m0/s1. The van der Waals surface area contributed by atoms with Crippen molar-refractivity contribution >= 4 is 23.6 Å². The van der Waals surface area contributed by atoms with Gasteiger partial charge < -0.3 is 20.1 Å². The summed E-state index contributed by atoms with van der Waals surface area (Å²) >= 11 is 1.97. The normalized spacial score (nSPS) is 25.7. The molecule has 1 aromatic heterocycles. The smallest absolute Gasteiger partial charge is 0.221 e. The Kier molecular flexibility index (Phi) is 10.4. The highest BCUT2D eigenvalue weighted by molar-refractivity contribution is 8.00. The van der Waals surface area contributed by atoms with Crippen molar-refractivity contribution in [3.05, 3.63) is 11.9 Å². The van der Waals surface area contributed by atoms with Crippen molar-refractivity contribution in [2.24, 2.45) is 11.3 Å². The molecule has 2 aliphatic rings. The van der Waals surface area contributed by atoms with Crippen LogP contribution in [0.1, 0.15) is 65.5 Å². The van der Waals surface area contributed by atoms with Crippen molar-refractivity contribution in [1.29, 1.82) is 0 Å². The van der Waals surface area contributed by atoms with Gasteiger partial charge in [-0.15, -0.1) is 5.10 Å². The van der Waals surface area contributed by atoms with Gasteiger partial charge in [-0.25, -0.2) is 4.68 Å². The van der Waals surface area contributed by atoms with E-state index in [0.29, 0.717) is 63.5 Å². The van der Waals surface area contributed by atoms with Gasteiger partial charge in [0, 0.05) is 42.0 Å². The van der Waals surface area contributed by atoms with Gasteiger partial charge in [0.2, 0.25) is 11.8 Å². The molecular formula is C25H43N5O4S. The van der Waals surface area contributed by atoms with Crippen LogP contribution in [-0.4, -0.2) is 76.3 Å². The number of hydrogen-bond donors (Lipinski definition) is 2. The maximum Gasteiger partial charge on any atom is 0.221 e. The van der Waals surface area contributed by atoms with Crippen molar-refractivity contribution in [1.82, 2.24) is 25.6 Å². The minimum atomic E-state index is -0.0870. The Balaban J connectivity index is 1.13. The van der Waals surface area contributed by atoms with E-state index in [-0.39, 0.29) is 22.8 Å². The van der Waals surface area contributed by atoms with Gasteiger partial charge in [-0.2, -0.15) is 11.8 Å². The van der Waals surface area contributed by atoms with E-state index in [1.165, 1.54) is 0 Å². The van der Waals surface area contributed by atoms with Crippen molar-refractivity contribution < 1.29 is 19.1 Å². The molecule has 0 saturated carbocycles. The van der Waals surface area contributed by atoms with E-state index in [9.17, 15) is 9.59 Å². The summed E-state index contributed by atoms with van der Waals surface area (Å²) in [4.78, 5) is 24.0. The van der Waals surface area contributed by atoms with Crippen LogP contribution in [0.25, 0.3) is 0 Å². The first-order chi connectivity index (χ1) is 16.7. The van der Waals surface area contributed by atoms with E-state index in [2.05, 4.69) is 48.6 Å². The first-order valence-electron chi connectivity index (χ1n) is 13.0. The summed E-state index contributed by atoms with van der Waals surface area (Å²) in [5, 5.41) is 14.9. The molecule has 1 aromatic rings. The predicted octanol–water partition coefficient (Wildman–Crippen LogP) is 2.59. The van der Waals surface area contributed by atoms with Crippen molar-refractivity contribution in [2.75, 3.05) is 38.7 Å². The van der Waals surface area contributed by atoms with Gasteiger partial charge in [0.25, 0.3) is 0 Å². The molecule has 2 fully saturated rings. The number of rotatable bonds is 16. The number of hydrogen-bond acceptors (Lipinski definition) is 7.